The molecule has 5 nitrogen and oxygen atoms in total. The van der Waals surface area contributed by atoms with Crippen LogP contribution in [0.3, 0.4) is 0 Å². The van der Waals surface area contributed by atoms with Gasteiger partial charge in [-0.3, -0.25) is 0 Å². The van der Waals surface area contributed by atoms with E-state index in [4.69, 9.17) is 16.0 Å². The van der Waals surface area contributed by atoms with Crippen LogP contribution < -0.4 is 0 Å². The summed E-state index contributed by atoms with van der Waals surface area (Å²) in [6.07, 6.45) is 3.46. The second-order valence-electron chi connectivity index (χ2n) is 4.08. The summed E-state index contributed by atoms with van der Waals surface area (Å²) in [6.45, 7) is 2.38. The molecule has 0 amide bonds. The van der Waals surface area contributed by atoms with Crippen LogP contribution in [0.2, 0.25) is 0 Å². The van der Waals surface area contributed by atoms with Crippen molar-refractivity contribution in [2.24, 2.45) is 0 Å². The summed E-state index contributed by atoms with van der Waals surface area (Å²) < 4.78 is 7.15. The lowest BCUT2D eigenvalue weighted by molar-refractivity contribution is 0.569. The molecule has 0 radical (unpaired) electrons. The smallest absolute Gasteiger partial charge is 0.236 e. The number of aromatic nitrogens is 4. The highest BCUT2D eigenvalue weighted by Crippen LogP contribution is 2.24. The van der Waals surface area contributed by atoms with E-state index in [1.165, 1.54) is 0 Å². The molecule has 98 valence electrons. The van der Waals surface area contributed by atoms with Gasteiger partial charge in [0.2, 0.25) is 5.89 Å². The molecule has 3 aromatic heterocycles. The minimum Gasteiger partial charge on any atom is -0.443 e. The molecule has 0 aromatic carbocycles. The van der Waals surface area contributed by atoms with Crippen LogP contribution in [0.5, 0.6) is 0 Å². The minimum atomic E-state index is -0.146. The first-order valence-electron chi connectivity index (χ1n) is 5.75. The van der Waals surface area contributed by atoms with Crippen molar-refractivity contribution in [1.82, 2.24) is 20.0 Å². The molecule has 1 unspecified atom stereocenters. The molecule has 1 atom stereocenters. The van der Waals surface area contributed by atoms with E-state index in [1.54, 1.807) is 22.3 Å². The number of halogens is 1. The summed E-state index contributed by atoms with van der Waals surface area (Å²) in [5, 5.41) is 9.85. The first-order chi connectivity index (χ1) is 9.22. The van der Waals surface area contributed by atoms with Gasteiger partial charge in [0, 0.05) is 0 Å². The maximum Gasteiger partial charge on any atom is 0.236 e. The Balaban J connectivity index is 1.76. The molecule has 19 heavy (non-hydrogen) atoms. The van der Waals surface area contributed by atoms with Crippen molar-refractivity contribution in [2.45, 2.75) is 18.8 Å². The van der Waals surface area contributed by atoms with E-state index in [9.17, 15) is 0 Å². The topological polar surface area (TPSA) is 56.7 Å². The number of hydrogen-bond donors (Lipinski definition) is 0. The highest BCUT2D eigenvalue weighted by Gasteiger charge is 2.10. The van der Waals surface area contributed by atoms with Crippen LogP contribution in [0.4, 0.5) is 0 Å². The van der Waals surface area contributed by atoms with Gasteiger partial charge in [0.1, 0.15) is 17.7 Å². The Hall–Kier alpha value is -1.66. The number of hydrogen-bond acceptors (Lipinski definition) is 5. The first-order valence-corrected chi connectivity index (χ1v) is 7.06. The maximum atomic E-state index is 5.94. The predicted molar refractivity (Wildman–Crippen MR) is 73.2 cm³/mol. The lowest BCUT2D eigenvalue weighted by atomic mass is 10.4. The van der Waals surface area contributed by atoms with Gasteiger partial charge in [-0.05, 0) is 18.4 Å². The second kappa shape index (κ2) is 5.14. The third kappa shape index (κ3) is 2.69. The van der Waals surface area contributed by atoms with Crippen LogP contribution in [0.15, 0.2) is 34.4 Å². The van der Waals surface area contributed by atoms with Crippen LogP contribution in [0.1, 0.15) is 23.7 Å². The summed E-state index contributed by atoms with van der Waals surface area (Å²) in [7, 11) is 0. The number of rotatable bonds is 4. The fourth-order valence-corrected chi connectivity index (χ4v) is 2.39. The monoisotopic (exact) mass is 294 g/mol. The molecule has 7 heteroatoms. The molecule has 0 bridgehead atoms. The van der Waals surface area contributed by atoms with E-state index in [1.807, 2.05) is 30.6 Å². The van der Waals surface area contributed by atoms with Gasteiger partial charge >= 0.3 is 0 Å². The largest absolute Gasteiger partial charge is 0.443 e. The molecule has 0 saturated heterocycles. The van der Waals surface area contributed by atoms with Gasteiger partial charge in [0.25, 0.3) is 0 Å². The Labute approximate surface area is 118 Å². The van der Waals surface area contributed by atoms with Crippen molar-refractivity contribution in [1.29, 1.82) is 0 Å². The standard InChI is InChI=1S/C12H11ClN4OS/c1-8(13)10-6-17(16-15-10)5-9-7-18-12(14-9)11-3-2-4-19-11/h2-4,6-8H,5H2,1H3. The zero-order valence-electron chi connectivity index (χ0n) is 10.2. The highest BCUT2D eigenvalue weighted by molar-refractivity contribution is 7.13. The van der Waals surface area contributed by atoms with Crippen LogP contribution >= 0.6 is 22.9 Å². The van der Waals surface area contributed by atoms with Gasteiger partial charge < -0.3 is 4.42 Å². The van der Waals surface area contributed by atoms with Gasteiger partial charge in [0.05, 0.1) is 23.0 Å². The van der Waals surface area contributed by atoms with E-state index >= 15 is 0 Å². The molecule has 0 N–H and O–H groups in total. The van der Waals surface area contributed by atoms with Crippen molar-refractivity contribution >= 4 is 22.9 Å². The van der Waals surface area contributed by atoms with Gasteiger partial charge in [-0.25, -0.2) is 9.67 Å². The summed E-state index contributed by atoms with van der Waals surface area (Å²) in [5.74, 6) is 0.635. The number of oxazole rings is 1. The minimum absolute atomic E-state index is 0.146. The Bertz CT molecular complexity index is 659. The average Bonchev–Trinajstić information content (AvgIpc) is 3.09. The molecule has 0 aliphatic rings. The normalized spacial score (nSPS) is 12.7. The zero-order valence-corrected chi connectivity index (χ0v) is 11.7. The van der Waals surface area contributed by atoms with Crippen molar-refractivity contribution < 1.29 is 4.42 Å². The summed E-state index contributed by atoms with van der Waals surface area (Å²) in [6, 6.07) is 3.94. The molecule has 3 heterocycles. The third-order valence-corrected chi connectivity index (χ3v) is 3.65. The van der Waals surface area contributed by atoms with E-state index in [0.717, 1.165) is 16.3 Å². The van der Waals surface area contributed by atoms with Gasteiger partial charge in [0.15, 0.2) is 0 Å². The van der Waals surface area contributed by atoms with E-state index in [2.05, 4.69) is 15.3 Å². The number of alkyl halides is 1. The van der Waals surface area contributed by atoms with Crippen molar-refractivity contribution in [3.8, 4) is 10.8 Å². The Morgan fingerprint density at radius 1 is 1.53 bits per heavy atom. The average molecular weight is 295 g/mol. The van der Waals surface area contributed by atoms with Crippen LogP contribution in [0.25, 0.3) is 10.8 Å². The van der Waals surface area contributed by atoms with Crippen LogP contribution in [-0.2, 0) is 6.54 Å². The molecule has 0 aliphatic carbocycles. The zero-order chi connectivity index (χ0) is 13.2. The molecular formula is C12H11ClN4OS. The Kier molecular flexibility index (Phi) is 3.35. The molecule has 0 spiro atoms. The molecular weight excluding hydrogens is 284 g/mol. The molecule has 3 rings (SSSR count). The fourth-order valence-electron chi connectivity index (χ4n) is 1.63. The number of thiophene rings is 1. The SMILES string of the molecule is CC(Cl)c1cn(Cc2coc(-c3cccs3)n2)nn1. The van der Waals surface area contributed by atoms with E-state index in [-0.39, 0.29) is 5.38 Å². The second-order valence-corrected chi connectivity index (χ2v) is 5.68. The highest BCUT2D eigenvalue weighted by atomic mass is 35.5. The molecule has 0 fully saturated rings. The lowest BCUT2D eigenvalue weighted by Gasteiger charge is -1.95. The van der Waals surface area contributed by atoms with Crippen molar-refractivity contribution in [3.63, 3.8) is 0 Å². The van der Waals surface area contributed by atoms with Gasteiger partial charge in [-0.15, -0.1) is 28.0 Å². The van der Waals surface area contributed by atoms with Crippen molar-refractivity contribution in [2.75, 3.05) is 0 Å². The summed E-state index contributed by atoms with van der Waals surface area (Å²) in [5.41, 5.74) is 1.56. The lowest BCUT2D eigenvalue weighted by Crippen LogP contribution is -2.00. The molecule has 3 aromatic rings. The Morgan fingerprint density at radius 3 is 3.11 bits per heavy atom. The van der Waals surface area contributed by atoms with Gasteiger partial charge in [-0.2, -0.15) is 0 Å². The fraction of sp³-hybridized carbons (Fsp3) is 0.250. The third-order valence-electron chi connectivity index (χ3n) is 2.57. The van der Waals surface area contributed by atoms with Crippen molar-refractivity contribution in [3.05, 3.63) is 41.4 Å². The maximum absolute atomic E-state index is 5.94. The quantitative estimate of drug-likeness (QED) is 0.693. The van der Waals surface area contributed by atoms with E-state index < -0.39 is 0 Å². The summed E-state index contributed by atoms with van der Waals surface area (Å²) >= 11 is 7.54. The molecule has 0 aliphatic heterocycles. The number of nitrogens with zero attached hydrogens (tertiary/aromatic N) is 4. The first kappa shape index (κ1) is 12.4. The van der Waals surface area contributed by atoms with Crippen LogP contribution in [-0.4, -0.2) is 20.0 Å². The van der Waals surface area contributed by atoms with Gasteiger partial charge in [-0.1, -0.05) is 11.3 Å². The van der Waals surface area contributed by atoms with Crippen LogP contribution in [0, 0.1) is 0 Å². The van der Waals surface area contributed by atoms with E-state index in [0.29, 0.717) is 12.4 Å². The predicted octanol–water partition coefficient (Wildman–Crippen LogP) is 3.34. The molecule has 0 saturated carbocycles. The summed E-state index contributed by atoms with van der Waals surface area (Å²) in [4.78, 5) is 5.44. The Morgan fingerprint density at radius 2 is 2.42 bits per heavy atom.